The van der Waals surface area contributed by atoms with Crippen LogP contribution < -0.4 is 0 Å². The Morgan fingerprint density at radius 2 is 1.72 bits per heavy atom. The number of morpholine rings is 1. The van der Waals surface area contributed by atoms with Crippen LogP contribution in [-0.4, -0.2) is 52.1 Å². The molecule has 1 saturated heterocycles. The predicted molar refractivity (Wildman–Crippen MR) is 82.0 cm³/mol. The number of nitro groups is 2. The lowest BCUT2D eigenvalue weighted by Gasteiger charge is -2.26. The van der Waals surface area contributed by atoms with Crippen molar-refractivity contribution < 1.29 is 23.9 Å². The lowest BCUT2D eigenvalue weighted by molar-refractivity contribution is -0.391. The normalized spacial score (nSPS) is 14.3. The maximum Gasteiger partial charge on any atom is 0.427 e. The molecule has 0 unspecified atom stereocenters. The molecular weight excluding hydrogens is 336 g/mol. The molecule has 1 aromatic carbocycles. The topological polar surface area (TPSA) is 142 Å². The van der Waals surface area contributed by atoms with Crippen LogP contribution in [0, 0.1) is 20.2 Å². The number of nitrogens with zero attached hydrogens (tertiary/aromatic N) is 4. The van der Waals surface area contributed by atoms with Gasteiger partial charge in [0.15, 0.2) is 10.7 Å². The van der Waals surface area contributed by atoms with Gasteiger partial charge in [-0.1, -0.05) is 0 Å². The second kappa shape index (κ2) is 6.65. The lowest BCUT2D eigenvalue weighted by atomic mass is 10.1. The molecule has 1 aromatic heterocycles. The van der Waals surface area contributed by atoms with Gasteiger partial charge in [0.05, 0.1) is 18.1 Å². The molecule has 0 aliphatic carbocycles. The van der Waals surface area contributed by atoms with Gasteiger partial charge >= 0.3 is 5.82 Å². The minimum absolute atomic E-state index is 0.0990. The van der Waals surface area contributed by atoms with Crippen molar-refractivity contribution >= 4 is 17.4 Å². The second-order valence-electron chi connectivity index (χ2n) is 5.18. The summed E-state index contributed by atoms with van der Waals surface area (Å²) in [7, 11) is 0. The summed E-state index contributed by atoms with van der Waals surface area (Å²) in [6, 6.07) is 5.12. The summed E-state index contributed by atoms with van der Waals surface area (Å²) in [5.74, 6) is -1.38. The van der Waals surface area contributed by atoms with Gasteiger partial charge in [-0.3, -0.25) is 19.4 Å². The third kappa shape index (κ3) is 3.17. The first-order valence-corrected chi connectivity index (χ1v) is 7.25. The zero-order valence-corrected chi connectivity index (χ0v) is 12.8. The Morgan fingerprint density at radius 1 is 1.08 bits per heavy atom. The number of non-ortho nitro benzene ring substituents is 1. The fourth-order valence-corrected chi connectivity index (χ4v) is 2.46. The van der Waals surface area contributed by atoms with Crippen molar-refractivity contribution in [2.45, 2.75) is 0 Å². The molecule has 0 saturated carbocycles. The Balaban J connectivity index is 2.03. The SMILES string of the molecule is O=C(c1c([N+](=O)[O-])noc1-c1ccc([N+](=O)[O-])cc1)N1CCOCC1. The number of nitro benzene ring substituents is 1. The quantitative estimate of drug-likeness (QED) is 0.599. The van der Waals surface area contributed by atoms with Crippen LogP contribution in [0.15, 0.2) is 28.8 Å². The van der Waals surface area contributed by atoms with E-state index in [9.17, 15) is 25.0 Å². The molecule has 1 amide bonds. The van der Waals surface area contributed by atoms with Crippen LogP contribution in [0.5, 0.6) is 0 Å². The van der Waals surface area contributed by atoms with Crippen LogP contribution in [0.3, 0.4) is 0 Å². The second-order valence-corrected chi connectivity index (χ2v) is 5.18. The molecule has 130 valence electrons. The fourth-order valence-electron chi connectivity index (χ4n) is 2.46. The molecule has 0 spiro atoms. The molecular formula is C14H12N4O7. The number of hydrogen-bond acceptors (Lipinski definition) is 8. The van der Waals surface area contributed by atoms with Crippen molar-refractivity contribution in [2.24, 2.45) is 0 Å². The van der Waals surface area contributed by atoms with Gasteiger partial charge in [-0.15, -0.1) is 0 Å². The van der Waals surface area contributed by atoms with E-state index < -0.39 is 21.6 Å². The molecule has 11 heteroatoms. The van der Waals surface area contributed by atoms with Crippen LogP contribution in [0.1, 0.15) is 10.4 Å². The molecule has 25 heavy (non-hydrogen) atoms. The van der Waals surface area contributed by atoms with E-state index >= 15 is 0 Å². The van der Waals surface area contributed by atoms with Crippen molar-refractivity contribution in [3.63, 3.8) is 0 Å². The highest BCUT2D eigenvalue weighted by molar-refractivity contribution is 6.02. The summed E-state index contributed by atoms with van der Waals surface area (Å²) >= 11 is 0. The maximum atomic E-state index is 12.7. The minimum atomic E-state index is -0.800. The Hall–Kier alpha value is -3.34. The number of rotatable bonds is 4. The Kier molecular flexibility index (Phi) is 4.39. The van der Waals surface area contributed by atoms with Crippen LogP contribution in [0.4, 0.5) is 11.5 Å². The van der Waals surface area contributed by atoms with Gasteiger partial charge in [-0.05, 0) is 17.1 Å². The van der Waals surface area contributed by atoms with E-state index in [2.05, 4.69) is 5.16 Å². The van der Waals surface area contributed by atoms with E-state index in [-0.39, 0.29) is 22.6 Å². The molecule has 0 atom stereocenters. The van der Waals surface area contributed by atoms with Crippen molar-refractivity contribution in [3.8, 4) is 11.3 Å². The molecule has 1 aliphatic rings. The van der Waals surface area contributed by atoms with Gasteiger partial charge in [0.2, 0.25) is 5.76 Å². The number of amides is 1. The highest BCUT2D eigenvalue weighted by Crippen LogP contribution is 2.32. The summed E-state index contributed by atoms with van der Waals surface area (Å²) in [4.78, 5) is 34.7. The van der Waals surface area contributed by atoms with Crippen molar-refractivity contribution in [1.82, 2.24) is 10.1 Å². The zero-order valence-electron chi connectivity index (χ0n) is 12.8. The van der Waals surface area contributed by atoms with E-state index in [1.165, 1.54) is 29.2 Å². The fraction of sp³-hybridized carbons (Fsp3) is 0.286. The van der Waals surface area contributed by atoms with E-state index in [1.807, 2.05) is 0 Å². The number of ether oxygens (including phenoxy) is 1. The van der Waals surface area contributed by atoms with Gasteiger partial charge < -0.3 is 19.8 Å². The predicted octanol–water partition coefficient (Wildman–Crippen LogP) is 1.63. The van der Waals surface area contributed by atoms with E-state index in [4.69, 9.17) is 9.26 Å². The van der Waals surface area contributed by atoms with Crippen molar-refractivity contribution in [2.75, 3.05) is 26.3 Å². The maximum absolute atomic E-state index is 12.7. The standard InChI is InChI=1S/C14H12N4O7/c19-14(16-5-7-24-8-6-16)11-12(25-15-13(11)18(22)23)9-1-3-10(4-2-9)17(20)21/h1-4H,5-8H2. The van der Waals surface area contributed by atoms with Crippen molar-refractivity contribution in [1.29, 1.82) is 0 Å². The number of carbonyl (C=O) groups excluding carboxylic acids is 1. The number of hydrogen-bond donors (Lipinski definition) is 0. The molecule has 11 nitrogen and oxygen atoms in total. The van der Waals surface area contributed by atoms with Crippen LogP contribution in [-0.2, 0) is 4.74 Å². The van der Waals surface area contributed by atoms with Gasteiger partial charge in [0.1, 0.15) is 0 Å². The molecule has 2 heterocycles. The first kappa shape index (κ1) is 16.5. The summed E-state index contributed by atoms with van der Waals surface area (Å²) in [6.45, 7) is 1.25. The van der Waals surface area contributed by atoms with Gasteiger partial charge in [0.25, 0.3) is 11.6 Å². The van der Waals surface area contributed by atoms with E-state index in [0.717, 1.165) is 0 Å². The first-order chi connectivity index (χ1) is 12.0. The van der Waals surface area contributed by atoms with E-state index in [1.54, 1.807) is 0 Å². The van der Waals surface area contributed by atoms with Gasteiger partial charge in [-0.25, -0.2) is 0 Å². The molecule has 1 fully saturated rings. The molecule has 2 aromatic rings. The smallest absolute Gasteiger partial charge is 0.378 e. The Labute approximate surface area is 140 Å². The number of aromatic nitrogens is 1. The number of carbonyl (C=O) groups is 1. The average molecular weight is 348 g/mol. The molecule has 3 rings (SSSR count). The summed E-state index contributed by atoms with van der Waals surface area (Å²) in [5, 5.41) is 25.3. The average Bonchev–Trinajstić information content (AvgIpc) is 3.07. The van der Waals surface area contributed by atoms with Crippen LogP contribution >= 0.6 is 0 Å². The van der Waals surface area contributed by atoms with Gasteiger partial charge in [0, 0.05) is 30.8 Å². The highest BCUT2D eigenvalue weighted by Gasteiger charge is 2.36. The highest BCUT2D eigenvalue weighted by atomic mass is 16.6. The molecule has 0 radical (unpaired) electrons. The van der Waals surface area contributed by atoms with Gasteiger partial charge in [-0.2, -0.15) is 0 Å². The molecule has 0 N–H and O–H groups in total. The van der Waals surface area contributed by atoms with Crippen molar-refractivity contribution in [3.05, 3.63) is 50.1 Å². The zero-order chi connectivity index (χ0) is 18.0. The summed E-state index contributed by atoms with van der Waals surface area (Å²) in [5.41, 5.74) is -0.151. The molecule has 0 bridgehead atoms. The van der Waals surface area contributed by atoms with E-state index in [0.29, 0.717) is 26.3 Å². The molecule has 1 aliphatic heterocycles. The summed E-state index contributed by atoms with van der Waals surface area (Å²) < 4.78 is 10.2. The van der Waals surface area contributed by atoms with Crippen LogP contribution in [0.2, 0.25) is 0 Å². The van der Waals surface area contributed by atoms with Crippen LogP contribution in [0.25, 0.3) is 11.3 Å². The first-order valence-electron chi connectivity index (χ1n) is 7.25. The third-order valence-electron chi connectivity index (χ3n) is 3.70. The summed E-state index contributed by atoms with van der Waals surface area (Å²) in [6.07, 6.45) is 0. The minimum Gasteiger partial charge on any atom is -0.378 e. The Morgan fingerprint density at radius 3 is 2.28 bits per heavy atom. The third-order valence-corrected chi connectivity index (χ3v) is 3.70. The largest absolute Gasteiger partial charge is 0.427 e. The lowest BCUT2D eigenvalue weighted by Crippen LogP contribution is -2.40. The Bertz CT molecular complexity index is 824. The number of benzene rings is 1. The monoisotopic (exact) mass is 348 g/mol.